The zero-order valence-electron chi connectivity index (χ0n) is 16.7. The van der Waals surface area contributed by atoms with Gasteiger partial charge in [-0.3, -0.25) is 4.98 Å². The standard InChI is InChI=1S/C23H22N4O2S/c1-16-9-11-26(30(28,29)22-8-3-2-5-17(22)13-24)15-21(16)27-12-10-18-14-25-20-7-4-6-19(20)23(18)27/h2-6,8,10,12,14,16,21H,7,9,11,15H2,1H3/t16-,21+/m1/s1. The molecule has 7 heteroatoms. The fraction of sp³-hybridized carbons (Fsp3) is 0.304. The van der Waals surface area contributed by atoms with Gasteiger partial charge in [-0.1, -0.05) is 31.2 Å². The third-order valence-corrected chi connectivity index (χ3v) is 8.25. The van der Waals surface area contributed by atoms with Crippen molar-refractivity contribution in [3.05, 3.63) is 65.6 Å². The van der Waals surface area contributed by atoms with Gasteiger partial charge in [-0.05, 0) is 30.5 Å². The minimum atomic E-state index is -3.75. The van der Waals surface area contributed by atoms with Gasteiger partial charge in [0.1, 0.15) is 6.07 Å². The second-order valence-electron chi connectivity index (χ2n) is 8.06. The van der Waals surface area contributed by atoms with Crippen molar-refractivity contribution in [2.75, 3.05) is 13.1 Å². The molecule has 0 amide bonds. The normalized spacial score (nSPS) is 21.6. The number of nitriles is 1. The summed E-state index contributed by atoms with van der Waals surface area (Å²) >= 11 is 0. The van der Waals surface area contributed by atoms with E-state index in [4.69, 9.17) is 0 Å². The topological polar surface area (TPSA) is 79.0 Å². The van der Waals surface area contributed by atoms with Gasteiger partial charge in [-0.25, -0.2) is 8.42 Å². The Morgan fingerprint density at radius 2 is 2.07 bits per heavy atom. The van der Waals surface area contributed by atoms with Crippen molar-refractivity contribution in [1.82, 2.24) is 13.9 Å². The summed E-state index contributed by atoms with van der Waals surface area (Å²) in [5.41, 5.74) is 3.52. The highest BCUT2D eigenvalue weighted by molar-refractivity contribution is 7.89. The number of hydrogen-bond acceptors (Lipinski definition) is 4. The Bertz CT molecular complexity index is 1320. The highest BCUT2D eigenvalue weighted by atomic mass is 32.2. The molecule has 0 N–H and O–H groups in total. The summed E-state index contributed by atoms with van der Waals surface area (Å²) in [6.07, 6.45) is 9.80. The number of pyridine rings is 1. The number of piperidine rings is 1. The molecule has 2 aliphatic rings. The fourth-order valence-corrected chi connectivity index (χ4v) is 6.26. The van der Waals surface area contributed by atoms with E-state index < -0.39 is 10.0 Å². The molecule has 1 aromatic carbocycles. The first-order valence-corrected chi connectivity index (χ1v) is 11.6. The van der Waals surface area contributed by atoms with Gasteiger partial charge in [0.25, 0.3) is 0 Å². The van der Waals surface area contributed by atoms with Crippen molar-refractivity contribution in [3.63, 3.8) is 0 Å². The summed E-state index contributed by atoms with van der Waals surface area (Å²) in [7, 11) is -3.75. The lowest BCUT2D eigenvalue weighted by atomic mass is 9.94. The number of benzene rings is 1. The quantitative estimate of drug-likeness (QED) is 0.649. The maximum Gasteiger partial charge on any atom is 0.244 e. The number of fused-ring (bicyclic) bond motifs is 3. The number of rotatable bonds is 3. The number of allylic oxidation sites excluding steroid dienone is 1. The van der Waals surface area contributed by atoms with E-state index in [9.17, 15) is 13.7 Å². The van der Waals surface area contributed by atoms with Crippen molar-refractivity contribution in [2.24, 2.45) is 5.92 Å². The highest BCUT2D eigenvalue weighted by Gasteiger charge is 2.36. The van der Waals surface area contributed by atoms with Gasteiger partial charge < -0.3 is 4.57 Å². The minimum Gasteiger partial charge on any atom is -0.342 e. The smallest absolute Gasteiger partial charge is 0.244 e. The molecule has 2 aromatic heterocycles. The molecule has 1 saturated heterocycles. The molecule has 1 fully saturated rings. The van der Waals surface area contributed by atoms with E-state index in [0.717, 1.165) is 35.0 Å². The summed E-state index contributed by atoms with van der Waals surface area (Å²) in [5, 5.41) is 10.5. The Balaban J connectivity index is 1.56. The van der Waals surface area contributed by atoms with Crippen LogP contribution in [0.4, 0.5) is 0 Å². The fourth-order valence-electron chi connectivity index (χ4n) is 4.64. The molecule has 0 unspecified atom stereocenters. The Morgan fingerprint density at radius 3 is 2.90 bits per heavy atom. The summed E-state index contributed by atoms with van der Waals surface area (Å²) in [4.78, 5) is 4.65. The molecule has 0 bridgehead atoms. The van der Waals surface area contributed by atoms with Gasteiger partial charge in [0, 0.05) is 42.9 Å². The number of aromatic nitrogens is 2. The van der Waals surface area contributed by atoms with Crippen LogP contribution in [0.25, 0.3) is 17.0 Å². The SMILES string of the molecule is C[C@@H]1CCN(S(=O)(=O)c2ccccc2C#N)C[C@@H]1n1ccc2cnc3c(c21)C=CC3. The second-order valence-corrected chi connectivity index (χ2v) is 9.96. The van der Waals surface area contributed by atoms with Crippen molar-refractivity contribution < 1.29 is 8.42 Å². The maximum atomic E-state index is 13.4. The lowest BCUT2D eigenvalue weighted by molar-refractivity contribution is 0.204. The van der Waals surface area contributed by atoms with Crippen LogP contribution < -0.4 is 0 Å². The van der Waals surface area contributed by atoms with Gasteiger partial charge in [0.15, 0.2) is 0 Å². The Morgan fingerprint density at radius 1 is 1.23 bits per heavy atom. The molecule has 1 aliphatic heterocycles. The van der Waals surface area contributed by atoms with Crippen LogP contribution in [0.5, 0.6) is 0 Å². The van der Waals surface area contributed by atoms with Gasteiger partial charge in [-0.15, -0.1) is 0 Å². The summed E-state index contributed by atoms with van der Waals surface area (Å²) in [5.74, 6) is 0.326. The molecule has 1 aliphatic carbocycles. The third kappa shape index (κ3) is 2.87. The van der Waals surface area contributed by atoms with E-state index in [1.807, 2.05) is 12.3 Å². The van der Waals surface area contributed by atoms with Crippen LogP contribution in [0, 0.1) is 17.2 Å². The summed E-state index contributed by atoms with van der Waals surface area (Å²) in [6, 6.07) is 10.5. The minimum absolute atomic E-state index is 0.0146. The predicted molar refractivity (Wildman–Crippen MR) is 115 cm³/mol. The molecular weight excluding hydrogens is 396 g/mol. The molecule has 30 heavy (non-hydrogen) atoms. The van der Waals surface area contributed by atoms with Gasteiger partial charge in [0.05, 0.1) is 27.7 Å². The first-order valence-electron chi connectivity index (χ1n) is 10.1. The van der Waals surface area contributed by atoms with E-state index >= 15 is 0 Å². The first kappa shape index (κ1) is 19.0. The van der Waals surface area contributed by atoms with Gasteiger partial charge in [-0.2, -0.15) is 9.57 Å². The zero-order valence-corrected chi connectivity index (χ0v) is 17.5. The molecule has 6 nitrogen and oxygen atoms in total. The maximum absolute atomic E-state index is 13.4. The summed E-state index contributed by atoms with van der Waals surface area (Å²) in [6.45, 7) is 3.02. The Hall–Kier alpha value is -2.95. The molecule has 0 saturated carbocycles. The van der Waals surface area contributed by atoms with E-state index in [1.165, 1.54) is 10.4 Å². The number of nitrogens with zero attached hydrogens (tertiary/aromatic N) is 4. The van der Waals surface area contributed by atoms with Crippen molar-refractivity contribution in [3.8, 4) is 6.07 Å². The van der Waals surface area contributed by atoms with Crippen LogP contribution in [0.15, 0.2) is 53.7 Å². The van der Waals surface area contributed by atoms with Crippen molar-refractivity contribution in [1.29, 1.82) is 5.26 Å². The number of hydrogen-bond donors (Lipinski definition) is 0. The van der Waals surface area contributed by atoms with Crippen LogP contribution in [-0.2, 0) is 16.4 Å². The highest BCUT2D eigenvalue weighted by Crippen LogP contribution is 2.36. The molecular formula is C23H22N4O2S. The second kappa shape index (κ2) is 7.08. The van der Waals surface area contributed by atoms with Gasteiger partial charge in [0.2, 0.25) is 10.0 Å². The van der Waals surface area contributed by atoms with Crippen LogP contribution >= 0.6 is 0 Å². The van der Waals surface area contributed by atoms with E-state index in [-0.39, 0.29) is 16.5 Å². The number of sulfonamides is 1. The molecule has 5 rings (SSSR count). The first-order chi connectivity index (χ1) is 14.5. The molecule has 3 heterocycles. The average molecular weight is 419 g/mol. The third-order valence-electron chi connectivity index (χ3n) is 6.33. The van der Waals surface area contributed by atoms with Crippen LogP contribution in [0.2, 0.25) is 0 Å². The van der Waals surface area contributed by atoms with Crippen molar-refractivity contribution >= 4 is 27.0 Å². The van der Waals surface area contributed by atoms with Crippen LogP contribution in [0.1, 0.15) is 36.2 Å². The van der Waals surface area contributed by atoms with E-state index in [1.54, 1.807) is 18.2 Å². The van der Waals surface area contributed by atoms with Crippen molar-refractivity contribution in [2.45, 2.75) is 30.7 Å². The molecule has 0 spiro atoms. The molecule has 2 atom stereocenters. The van der Waals surface area contributed by atoms with E-state index in [2.05, 4.69) is 40.9 Å². The molecule has 152 valence electrons. The molecule has 0 radical (unpaired) electrons. The molecule has 3 aromatic rings. The summed E-state index contributed by atoms with van der Waals surface area (Å²) < 4.78 is 30.5. The van der Waals surface area contributed by atoms with Gasteiger partial charge >= 0.3 is 0 Å². The lowest BCUT2D eigenvalue weighted by Gasteiger charge is -2.37. The average Bonchev–Trinajstić information content (AvgIpc) is 3.40. The van der Waals surface area contributed by atoms with Crippen LogP contribution in [0.3, 0.4) is 0 Å². The Kier molecular flexibility index (Phi) is 4.49. The van der Waals surface area contributed by atoms with E-state index in [0.29, 0.717) is 19.0 Å². The van der Waals surface area contributed by atoms with Crippen LogP contribution in [-0.4, -0.2) is 35.4 Å². The monoisotopic (exact) mass is 418 g/mol. The lowest BCUT2D eigenvalue weighted by Crippen LogP contribution is -2.44. The predicted octanol–water partition coefficient (Wildman–Crippen LogP) is 3.75. The largest absolute Gasteiger partial charge is 0.342 e. The Labute approximate surface area is 176 Å². The zero-order chi connectivity index (χ0) is 20.9.